The van der Waals surface area contributed by atoms with Crippen LogP contribution in [0.2, 0.25) is 0 Å². The molecule has 0 radical (unpaired) electrons. The van der Waals surface area contributed by atoms with Gasteiger partial charge in [-0.2, -0.15) is 5.26 Å². The summed E-state index contributed by atoms with van der Waals surface area (Å²) in [6.07, 6.45) is 2.84. The number of nitrogens with zero attached hydrogens (tertiary/aromatic N) is 5. The van der Waals surface area contributed by atoms with Gasteiger partial charge < -0.3 is 14.2 Å². The Kier molecular flexibility index (Phi) is 4.82. The van der Waals surface area contributed by atoms with Crippen LogP contribution in [0.1, 0.15) is 29.2 Å². The van der Waals surface area contributed by atoms with E-state index >= 15 is 0 Å². The van der Waals surface area contributed by atoms with Crippen LogP contribution in [-0.4, -0.2) is 53.8 Å². The Morgan fingerprint density at radius 1 is 1.17 bits per heavy atom. The largest absolute Gasteiger partial charge is 0.379 e. The number of hydrogen-bond acceptors (Lipinski definition) is 6. The van der Waals surface area contributed by atoms with Crippen molar-refractivity contribution in [3.8, 4) is 6.07 Å². The Bertz CT molecular complexity index is 1000. The zero-order chi connectivity index (χ0) is 19.8. The van der Waals surface area contributed by atoms with E-state index in [4.69, 9.17) is 4.74 Å². The molecule has 7 heteroatoms. The molecule has 0 aromatic carbocycles. The molecule has 2 bridgehead atoms. The van der Waals surface area contributed by atoms with E-state index in [1.807, 2.05) is 16.7 Å². The molecule has 3 aliphatic heterocycles. The summed E-state index contributed by atoms with van der Waals surface area (Å²) < 4.78 is 7.43. The SMILES string of the molecule is N#Cc1cccnc1N1C[C@@H]2C[C@H](C1)c1ccc(CN3CCOCC3)c(=O)n1C2. The van der Waals surface area contributed by atoms with Gasteiger partial charge in [0.1, 0.15) is 11.9 Å². The first-order valence-corrected chi connectivity index (χ1v) is 10.4. The summed E-state index contributed by atoms with van der Waals surface area (Å²) in [6.45, 7) is 6.32. The molecule has 0 amide bonds. The van der Waals surface area contributed by atoms with Gasteiger partial charge in [-0.1, -0.05) is 6.07 Å². The topological polar surface area (TPSA) is 74.4 Å². The molecule has 2 saturated heterocycles. The highest BCUT2D eigenvalue weighted by Gasteiger charge is 2.36. The van der Waals surface area contributed by atoms with Gasteiger partial charge in [-0.15, -0.1) is 0 Å². The van der Waals surface area contributed by atoms with Crippen LogP contribution in [0.5, 0.6) is 0 Å². The Balaban J connectivity index is 1.41. The molecular weight excluding hydrogens is 366 g/mol. The maximum absolute atomic E-state index is 13.2. The quantitative estimate of drug-likeness (QED) is 0.791. The normalized spacial score (nSPS) is 24.0. The van der Waals surface area contributed by atoms with Crippen LogP contribution in [0.15, 0.2) is 35.3 Å². The van der Waals surface area contributed by atoms with Gasteiger partial charge in [0.2, 0.25) is 0 Å². The van der Waals surface area contributed by atoms with E-state index in [0.717, 1.165) is 69.4 Å². The lowest BCUT2D eigenvalue weighted by Crippen LogP contribution is -2.48. The lowest BCUT2D eigenvalue weighted by atomic mass is 9.83. The number of piperidine rings is 1. The van der Waals surface area contributed by atoms with Gasteiger partial charge in [-0.3, -0.25) is 9.69 Å². The number of fused-ring (bicyclic) bond motifs is 4. The lowest BCUT2D eigenvalue weighted by Gasteiger charge is -2.43. The highest BCUT2D eigenvalue weighted by atomic mass is 16.5. The number of morpholine rings is 1. The van der Waals surface area contributed by atoms with Gasteiger partial charge in [0, 0.05) is 62.6 Å². The first kappa shape index (κ1) is 18.3. The van der Waals surface area contributed by atoms with Crippen molar-refractivity contribution in [1.82, 2.24) is 14.5 Å². The second-order valence-corrected chi connectivity index (χ2v) is 8.28. The molecule has 29 heavy (non-hydrogen) atoms. The van der Waals surface area contributed by atoms with Crippen molar-refractivity contribution < 1.29 is 4.74 Å². The smallest absolute Gasteiger partial charge is 0.255 e. The molecule has 2 atom stereocenters. The molecule has 7 nitrogen and oxygen atoms in total. The molecule has 2 aromatic heterocycles. The Morgan fingerprint density at radius 3 is 2.86 bits per heavy atom. The fourth-order valence-electron chi connectivity index (χ4n) is 5.02. The fraction of sp³-hybridized carbons (Fsp3) is 0.500. The minimum atomic E-state index is 0.160. The van der Waals surface area contributed by atoms with Crippen molar-refractivity contribution >= 4 is 5.82 Å². The summed E-state index contributed by atoms with van der Waals surface area (Å²) in [5, 5.41) is 9.44. The number of anilines is 1. The number of hydrogen-bond donors (Lipinski definition) is 0. The third kappa shape index (κ3) is 3.43. The van der Waals surface area contributed by atoms with Crippen molar-refractivity contribution in [2.45, 2.75) is 25.4 Å². The van der Waals surface area contributed by atoms with E-state index in [0.29, 0.717) is 23.9 Å². The highest BCUT2D eigenvalue weighted by molar-refractivity contribution is 5.54. The molecule has 0 N–H and O–H groups in total. The van der Waals surface area contributed by atoms with E-state index in [1.165, 1.54) is 0 Å². The monoisotopic (exact) mass is 391 g/mol. The van der Waals surface area contributed by atoms with E-state index in [-0.39, 0.29) is 5.56 Å². The minimum absolute atomic E-state index is 0.160. The first-order valence-electron chi connectivity index (χ1n) is 10.4. The fourth-order valence-corrected chi connectivity index (χ4v) is 5.02. The average Bonchev–Trinajstić information content (AvgIpc) is 2.76. The van der Waals surface area contributed by atoms with Crippen molar-refractivity contribution in [2.24, 2.45) is 5.92 Å². The van der Waals surface area contributed by atoms with Crippen LogP contribution in [0.4, 0.5) is 5.82 Å². The van der Waals surface area contributed by atoms with Crippen molar-refractivity contribution in [3.63, 3.8) is 0 Å². The van der Waals surface area contributed by atoms with Crippen molar-refractivity contribution in [1.29, 1.82) is 5.26 Å². The molecular formula is C22H25N5O2. The van der Waals surface area contributed by atoms with Gasteiger partial charge in [0.15, 0.2) is 0 Å². The molecule has 3 aliphatic rings. The molecule has 5 rings (SSSR count). The van der Waals surface area contributed by atoms with Crippen LogP contribution in [0.3, 0.4) is 0 Å². The summed E-state index contributed by atoms with van der Waals surface area (Å²) in [5.41, 5.74) is 2.78. The molecule has 0 saturated carbocycles. The Labute approximate surface area is 170 Å². The van der Waals surface area contributed by atoms with E-state index < -0.39 is 0 Å². The van der Waals surface area contributed by atoms with E-state index in [1.54, 1.807) is 12.3 Å². The second-order valence-electron chi connectivity index (χ2n) is 8.28. The molecule has 2 fully saturated rings. The van der Waals surface area contributed by atoms with Crippen molar-refractivity contribution in [3.05, 3.63) is 57.6 Å². The summed E-state index contributed by atoms with van der Waals surface area (Å²) in [7, 11) is 0. The zero-order valence-electron chi connectivity index (χ0n) is 16.5. The average molecular weight is 391 g/mol. The molecule has 0 spiro atoms. The van der Waals surface area contributed by atoms with Crippen LogP contribution in [0.25, 0.3) is 0 Å². The second kappa shape index (κ2) is 7.62. The number of nitriles is 1. The Morgan fingerprint density at radius 2 is 2.03 bits per heavy atom. The van der Waals surface area contributed by atoms with Crippen molar-refractivity contribution in [2.75, 3.05) is 44.3 Å². The van der Waals surface area contributed by atoms with E-state index in [2.05, 4.69) is 26.9 Å². The molecule has 0 aliphatic carbocycles. The highest BCUT2D eigenvalue weighted by Crippen LogP contribution is 2.37. The number of rotatable bonds is 3. The molecule has 2 aromatic rings. The summed E-state index contributed by atoms with van der Waals surface area (Å²) in [6, 6.07) is 10.0. The number of pyridine rings is 2. The van der Waals surface area contributed by atoms with Crippen LogP contribution in [-0.2, 0) is 17.8 Å². The van der Waals surface area contributed by atoms with Gasteiger partial charge in [-0.25, -0.2) is 4.98 Å². The summed E-state index contributed by atoms with van der Waals surface area (Å²) >= 11 is 0. The minimum Gasteiger partial charge on any atom is -0.379 e. The first-order chi connectivity index (χ1) is 14.2. The molecule has 0 unspecified atom stereocenters. The van der Waals surface area contributed by atoms with Gasteiger partial charge >= 0.3 is 0 Å². The standard InChI is InChI=1S/C22H25N5O2/c23-11-17-2-1-5-24-21(17)26-12-16-10-19(15-26)20-4-3-18(22(28)27(20)13-16)14-25-6-8-29-9-7-25/h1-5,16,19H,6-10,12-15H2/t16-,19+/m0/s1. The zero-order valence-corrected chi connectivity index (χ0v) is 16.5. The van der Waals surface area contributed by atoms with Crippen LogP contribution >= 0.6 is 0 Å². The van der Waals surface area contributed by atoms with Crippen LogP contribution in [0, 0.1) is 17.2 Å². The predicted octanol–water partition coefficient (Wildman–Crippen LogP) is 1.57. The number of aromatic nitrogens is 2. The third-order valence-corrected chi connectivity index (χ3v) is 6.39. The maximum Gasteiger partial charge on any atom is 0.255 e. The van der Waals surface area contributed by atoms with Gasteiger partial charge in [0.25, 0.3) is 5.56 Å². The molecule has 5 heterocycles. The van der Waals surface area contributed by atoms with Gasteiger partial charge in [0.05, 0.1) is 18.8 Å². The Hall–Kier alpha value is -2.69. The summed E-state index contributed by atoms with van der Waals surface area (Å²) in [5.74, 6) is 1.46. The third-order valence-electron chi connectivity index (χ3n) is 6.39. The van der Waals surface area contributed by atoms with Gasteiger partial charge in [-0.05, 0) is 30.5 Å². The van der Waals surface area contributed by atoms with E-state index in [9.17, 15) is 10.1 Å². The predicted molar refractivity (Wildman–Crippen MR) is 109 cm³/mol. The lowest BCUT2D eigenvalue weighted by molar-refractivity contribution is 0.0339. The maximum atomic E-state index is 13.2. The molecule has 150 valence electrons. The number of ether oxygens (including phenoxy) is 1. The van der Waals surface area contributed by atoms with Crippen LogP contribution < -0.4 is 10.5 Å². The summed E-state index contributed by atoms with van der Waals surface area (Å²) in [4.78, 5) is 22.2.